The van der Waals surface area contributed by atoms with Gasteiger partial charge in [0.1, 0.15) is 11.5 Å². The van der Waals surface area contributed by atoms with Crippen LogP contribution >= 0.6 is 0 Å². The number of aryl methyl sites for hydroxylation is 2. The fourth-order valence-electron chi connectivity index (χ4n) is 1.99. The van der Waals surface area contributed by atoms with Crippen molar-refractivity contribution in [2.45, 2.75) is 13.8 Å². The molecule has 0 radical (unpaired) electrons. The third-order valence-corrected chi connectivity index (χ3v) is 3.57. The molecule has 0 aliphatic rings. The Morgan fingerprint density at radius 3 is 2.16 bits per heavy atom. The lowest BCUT2D eigenvalue weighted by molar-refractivity contribution is -0.142. The van der Waals surface area contributed by atoms with Crippen LogP contribution in [0.2, 0.25) is 0 Å². The van der Waals surface area contributed by atoms with Crippen molar-refractivity contribution in [3.8, 4) is 11.5 Å². The highest BCUT2D eigenvalue weighted by Crippen LogP contribution is 2.17. The number of nitrogens with one attached hydrogen (secondary N) is 1. The Labute approximate surface area is 146 Å². The lowest BCUT2D eigenvalue weighted by Crippen LogP contribution is -2.20. The summed E-state index contributed by atoms with van der Waals surface area (Å²) in [5.74, 6) is 0.446. The standard InChI is InChI=1S/C19H21NO5/c1-13-4-7-17(10-14(13)2)24-11-18(21)20-15-5-8-16(9-6-15)25-12-19(22)23-3/h4-10H,11-12H2,1-3H3,(H,20,21). The van der Waals surface area contributed by atoms with E-state index in [4.69, 9.17) is 9.47 Å². The summed E-state index contributed by atoms with van der Waals surface area (Å²) in [4.78, 5) is 23.0. The molecule has 1 N–H and O–H groups in total. The van der Waals surface area contributed by atoms with Gasteiger partial charge in [-0.25, -0.2) is 4.79 Å². The molecule has 0 atom stereocenters. The second-order valence-corrected chi connectivity index (χ2v) is 5.47. The molecule has 0 unspecified atom stereocenters. The van der Waals surface area contributed by atoms with Gasteiger partial charge in [-0.1, -0.05) is 6.07 Å². The van der Waals surface area contributed by atoms with Crippen LogP contribution in [0.3, 0.4) is 0 Å². The minimum absolute atomic E-state index is 0.0803. The Balaban J connectivity index is 1.81. The van der Waals surface area contributed by atoms with Crippen LogP contribution in [0.5, 0.6) is 11.5 Å². The number of carbonyl (C=O) groups excluding carboxylic acids is 2. The third-order valence-electron chi connectivity index (χ3n) is 3.57. The van der Waals surface area contributed by atoms with Crippen molar-refractivity contribution in [2.24, 2.45) is 0 Å². The maximum atomic E-state index is 11.9. The molecular weight excluding hydrogens is 322 g/mol. The van der Waals surface area contributed by atoms with Gasteiger partial charge >= 0.3 is 5.97 Å². The zero-order valence-electron chi connectivity index (χ0n) is 14.5. The van der Waals surface area contributed by atoms with Crippen molar-refractivity contribution in [1.29, 1.82) is 0 Å². The summed E-state index contributed by atoms with van der Waals surface area (Å²) in [5.41, 5.74) is 2.89. The van der Waals surface area contributed by atoms with Gasteiger partial charge in [-0.15, -0.1) is 0 Å². The Hall–Kier alpha value is -3.02. The van der Waals surface area contributed by atoms with Crippen molar-refractivity contribution >= 4 is 17.6 Å². The van der Waals surface area contributed by atoms with Gasteiger partial charge in [-0.3, -0.25) is 4.79 Å². The number of benzene rings is 2. The second-order valence-electron chi connectivity index (χ2n) is 5.47. The Bertz CT molecular complexity index is 740. The summed E-state index contributed by atoms with van der Waals surface area (Å²) >= 11 is 0. The minimum atomic E-state index is -0.458. The number of anilines is 1. The average Bonchev–Trinajstić information content (AvgIpc) is 2.62. The maximum absolute atomic E-state index is 11.9. The van der Waals surface area contributed by atoms with E-state index in [1.54, 1.807) is 24.3 Å². The zero-order valence-corrected chi connectivity index (χ0v) is 14.5. The molecule has 2 rings (SSSR count). The van der Waals surface area contributed by atoms with Crippen LogP contribution < -0.4 is 14.8 Å². The van der Waals surface area contributed by atoms with Crippen LogP contribution in [-0.2, 0) is 14.3 Å². The Kier molecular flexibility index (Phi) is 6.39. The highest BCUT2D eigenvalue weighted by molar-refractivity contribution is 5.91. The Morgan fingerprint density at radius 1 is 0.880 bits per heavy atom. The number of amides is 1. The monoisotopic (exact) mass is 343 g/mol. The van der Waals surface area contributed by atoms with Crippen LogP contribution in [0.15, 0.2) is 42.5 Å². The molecule has 0 aliphatic carbocycles. The van der Waals surface area contributed by atoms with Gasteiger partial charge in [-0.2, -0.15) is 0 Å². The summed E-state index contributed by atoms with van der Waals surface area (Å²) in [5, 5.41) is 2.73. The van der Waals surface area contributed by atoms with Gasteiger partial charge in [-0.05, 0) is 61.4 Å². The van der Waals surface area contributed by atoms with Crippen molar-refractivity contribution in [3.63, 3.8) is 0 Å². The molecule has 0 spiro atoms. The average molecular weight is 343 g/mol. The fourth-order valence-corrected chi connectivity index (χ4v) is 1.99. The van der Waals surface area contributed by atoms with Crippen LogP contribution in [0, 0.1) is 13.8 Å². The van der Waals surface area contributed by atoms with Crippen LogP contribution in [0.25, 0.3) is 0 Å². The van der Waals surface area contributed by atoms with E-state index in [0.717, 1.165) is 5.56 Å². The SMILES string of the molecule is COC(=O)COc1ccc(NC(=O)COc2ccc(C)c(C)c2)cc1. The molecule has 0 aliphatic heterocycles. The van der Waals surface area contributed by atoms with Crippen LogP contribution in [-0.4, -0.2) is 32.2 Å². The number of carbonyl (C=O) groups is 2. The highest BCUT2D eigenvalue weighted by atomic mass is 16.6. The van der Waals surface area contributed by atoms with E-state index in [1.807, 2.05) is 32.0 Å². The predicted molar refractivity (Wildman–Crippen MR) is 94.0 cm³/mol. The first kappa shape index (κ1) is 18.3. The fraction of sp³-hybridized carbons (Fsp3) is 0.263. The van der Waals surface area contributed by atoms with Crippen LogP contribution in [0.4, 0.5) is 5.69 Å². The number of hydrogen-bond acceptors (Lipinski definition) is 5. The number of ether oxygens (including phenoxy) is 3. The molecule has 0 saturated heterocycles. The largest absolute Gasteiger partial charge is 0.484 e. The lowest BCUT2D eigenvalue weighted by atomic mass is 10.1. The maximum Gasteiger partial charge on any atom is 0.343 e. The first-order valence-corrected chi connectivity index (χ1v) is 7.77. The van der Waals surface area contributed by atoms with Gasteiger partial charge < -0.3 is 19.5 Å². The topological polar surface area (TPSA) is 73.9 Å². The van der Waals surface area contributed by atoms with Crippen LogP contribution in [0.1, 0.15) is 11.1 Å². The molecule has 2 aromatic rings. The van der Waals surface area contributed by atoms with E-state index < -0.39 is 5.97 Å². The van der Waals surface area contributed by atoms with Gasteiger partial charge in [0.05, 0.1) is 7.11 Å². The molecule has 0 saturated carbocycles. The number of rotatable bonds is 7. The van der Waals surface area contributed by atoms with Gasteiger partial charge in [0.2, 0.25) is 0 Å². The minimum Gasteiger partial charge on any atom is -0.484 e. The summed E-state index contributed by atoms with van der Waals surface area (Å²) < 4.78 is 15.2. The van der Waals surface area contributed by atoms with Crippen molar-refractivity contribution < 1.29 is 23.8 Å². The molecule has 6 heteroatoms. The van der Waals surface area contributed by atoms with E-state index in [9.17, 15) is 9.59 Å². The number of esters is 1. The molecule has 132 valence electrons. The zero-order chi connectivity index (χ0) is 18.2. The molecule has 1 amide bonds. The van der Waals surface area contributed by atoms with E-state index in [-0.39, 0.29) is 19.1 Å². The first-order chi connectivity index (χ1) is 12.0. The van der Waals surface area contributed by atoms with Gasteiger partial charge in [0.15, 0.2) is 13.2 Å². The van der Waals surface area contributed by atoms with Crippen molar-refractivity contribution in [2.75, 3.05) is 25.6 Å². The molecule has 0 aromatic heterocycles. The van der Waals surface area contributed by atoms with E-state index in [2.05, 4.69) is 10.1 Å². The van der Waals surface area contributed by atoms with E-state index in [1.165, 1.54) is 12.7 Å². The third kappa shape index (κ3) is 5.84. The predicted octanol–water partition coefficient (Wildman–Crippen LogP) is 2.87. The summed E-state index contributed by atoms with van der Waals surface area (Å²) in [7, 11) is 1.30. The van der Waals surface area contributed by atoms with Gasteiger partial charge in [0, 0.05) is 5.69 Å². The molecule has 6 nitrogen and oxygen atoms in total. The molecule has 0 bridgehead atoms. The second kappa shape index (κ2) is 8.73. The molecular formula is C19H21NO5. The number of hydrogen-bond donors (Lipinski definition) is 1. The number of methoxy groups -OCH3 is 1. The van der Waals surface area contributed by atoms with Crippen molar-refractivity contribution in [1.82, 2.24) is 0 Å². The highest BCUT2D eigenvalue weighted by Gasteiger charge is 2.06. The van der Waals surface area contributed by atoms with Crippen molar-refractivity contribution in [3.05, 3.63) is 53.6 Å². The first-order valence-electron chi connectivity index (χ1n) is 7.77. The lowest BCUT2D eigenvalue weighted by Gasteiger charge is -2.10. The Morgan fingerprint density at radius 2 is 1.52 bits per heavy atom. The van der Waals surface area contributed by atoms with E-state index >= 15 is 0 Å². The molecule has 2 aromatic carbocycles. The van der Waals surface area contributed by atoms with Gasteiger partial charge in [0.25, 0.3) is 5.91 Å². The normalized spacial score (nSPS) is 10.0. The molecule has 0 fully saturated rings. The quantitative estimate of drug-likeness (QED) is 0.783. The summed E-state index contributed by atoms with van der Waals surface area (Å²) in [6.45, 7) is 3.77. The summed E-state index contributed by atoms with van der Waals surface area (Å²) in [6, 6.07) is 12.4. The molecule has 0 heterocycles. The van der Waals surface area contributed by atoms with E-state index in [0.29, 0.717) is 17.2 Å². The summed E-state index contributed by atoms with van der Waals surface area (Å²) in [6.07, 6.45) is 0. The molecule has 25 heavy (non-hydrogen) atoms. The smallest absolute Gasteiger partial charge is 0.343 e.